The molecule has 0 bridgehead atoms. The summed E-state index contributed by atoms with van der Waals surface area (Å²) in [6, 6.07) is 5.83. The maximum atomic E-state index is 12.6. The molecule has 1 aliphatic heterocycles. The normalized spacial score (nSPS) is 14.8. The summed E-state index contributed by atoms with van der Waals surface area (Å²) in [5.41, 5.74) is 7.76. The van der Waals surface area contributed by atoms with Gasteiger partial charge in [0.25, 0.3) is 5.56 Å². The zero-order chi connectivity index (χ0) is 21.5. The molecule has 0 aliphatic carbocycles. The molecule has 1 amide bonds. The number of aromatic nitrogens is 2. The third-order valence-corrected chi connectivity index (χ3v) is 5.42. The van der Waals surface area contributed by atoms with Crippen molar-refractivity contribution < 1.29 is 9.53 Å². The van der Waals surface area contributed by atoms with E-state index in [0.717, 1.165) is 24.0 Å². The SMILES string of the molecule is CCN(c1cc(-c2ccnc(OC)c2)c[nH]c1=O)C1CCN(C(=O)C=CCN)CC1. The highest BCUT2D eigenvalue weighted by Gasteiger charge is 2.27. The zero-order valence-electron chi connectivity index (χ0n) is 17.5. The van der Waals surface area contributed by atoms with Crippen LogP contribution in [-0.2, 0) is 4.79 Å². The molecule has 30 heavy (non-hydrogen) atoms. The number of ether oxygens (including phenoxy) is 1. The number of H-pyrrole nitrogens is 1. The Bertz CT molecular complexity index is 948. The number of nitrogens with zero attached hydrogens (tertiary/aromatic N) is 3. The fourth-order valence-corrected chi connectivity index (χ4v) is 3.85. The fraction of sp³-hybridized carbons (Fsp3) is 0.409. The van der Waals surface area contributed by atoms with Crippen molar-refractivity contribution in [3.05, 3.63) is 53.1 Å². The molecule has 0 unspecified atom stereocenters. The van der Waals surface area contributed by atoms with Crippen LogP contribution in [0.3, 0.4) is 0 Å². The number of methoxy groups -OCH3 is 1. The van der Waals surface area contributed by atoms with E-state index in [1.807, 2.05) is 30.0 Å². The van der Waals surface area contributed by atoms with Gasteiger partial charge in [0.2, 0.25) is 11.8 Å². The number of aromatic amines is 1. The smallest absolute Gasteiger partial charge is 0.271 e. The number of nitrogens with two attached hydrogens (primary N) is 1. The van der Waals surface area contributed by atoms with Gasteiger partial charge in [-0.15, -0.1) is 0 Å². The summed E-state index contributed by atoms with van der Waals surface area (Å²) in [5, 5.41) is 0. The Labute approximate surface area is 176 Å². The predicted molar refractivity (Wildman–Crippen MR) is 118 cm³/mol. The van der Waals surface area contributed by atoms with Gasteiger partial charge in [0.05, 0.1) is 7.11 Å². The predicted octanol–water partition coefficient (Wildman–Crippen LogP) is 1.78. The van der Waals surface area contributed by atoms with Gasteiger partial charge < -0.3 is 25.3 Å². The van der Waals surface area contributed by atoms with Crippen molar-refractivity contribution in [1.29, 1.82) is 0 Å². The van der Waals surface area contributed by atoms with Crippen LogP contribution >= 0.6 is 0 Å². The van der Waals surface area contributed by atoms with Crippen LogP contribution in [0.4, 0.5) is 5.69 Å². The van der Waals surface area contributed by atoms with Gasteiger partial charge in [0.1, 0.15) is 5.69 Å². The Hall–Kier alpha value is -3.13. The lowest BCUT2D eigenvalue weighted by atomic mass is 10.0. The molecule has 1 fully saturated rings. The van der Waals surface area contributed by atoms with E-state index in [4.69, 9.17) is 10.5 Å². The number of anilines is 1. The third kappa shape index (κ3) is 4.88. The molecule has 0 saturated carbocycles. The molecule has 3 N–H and O–H groups in total. The van der Waals surface area contributed by atoms with Crippen molar-refractivity contribution in [2.45, 2.75) is 25.8 Å². The number of hydrogen-bond acceptors (Lipinski definition) is 6. The van der Waals surface area contributed by atoms with Crippen LogP contribution in [0.2, 0.25) is 0 Å². The summed E-state index contributed by atoms with van der Waals surface area (Å²) in [4.78, 5) is 35.8. The van der Waals surface area contributed by atoms with Crippen LogP contribution in [0.25, 0.3) is 11.1 Å². The Morgan fingerprint density at radius 2 is 2.13 bits per heavy atom. The largest absolute Gasteiger partial charge is 0.481 e. The van der Waals surface area contributed by atoms with Crippen LogP contribution in [0, 0.1) is 0 Å². The van der Waals surface area contributed by atoms with Gasteiger partial charge in [-0.3, -0.25) is 9.59 Å². The van der Waals surface area contributed by atoms with E-state index in [1.54, 1.807) is 25.6 Å². The molecule has 1 aliphatic rings. The lowest BCUT2D eigenvalue weighted by Crippen LogP contribution is -2.47. The Morgan fingerprint density at radius 3 is 2.80 bits per heavy atom. The monoisotopic (exact) mass is 411 g/mol. The molecule has 8 heteroatoms. The molecule has 1 saturated heterocycles. The van der Waals surface area contributed by atoms with E-state index < -0.39 is 0 Å². The lowest BCUT2D eigenvalue weighted by Gasteiger charge is -2.38. The highest BCUT2D eigenvalue weighted by Crippen LogP contribution is 2.26. The number of nitrogens with one attached hydrogen (secondary N) is 1. The minimum Gasteiger partial charge on any atom is -0.481 e. The maximum absolute atomic E-state index is 12.6. The number of rotatable bonds is 7. The first-order valence-corrected chi connectivity index (χ1v) is 10.2. The van der Waals surface area contributed by atoms with Gasteiger partial charge in [-0.05, 0) is 37.5 Å². The Kier molecular flexibility index (Phi) is 7.24. The highest BCUT2D eigenvalue weighted by atomic mass is 16.5. The van der Waals surface area contributed by atoms with Crippen molar-refractivity contribution in [3.63, 3.8) is 0 Å². The molecule has 3 heterocycles. The summed E-state index contributed by atoms with van der Waals surface area (Å²) in [6.07, 6.45) is 8.22. The number of piperidine rings is 1. The summed E-state index contributed by atoms with van der Waals surface area (Å²) in [5.74, 6) is 0.516. The molecule has 160 valence electrons. The summed E-state index contributed by atoms with van der Waals surface area (Å²) in [6.45, 7) is 4.43. The molecule has 0 radical (unpaired) electrons. The minimum atomic E-state index is -0.119. The molecule has 2 aromatic heterocycles. The second-order valence-corrected chi connectivity index (χ2v) is 7.17. The van der Waals surface area contributed by atoms with E-state index >= 15 is 0 Å². The molecule has 8 nitrogen and oxygen atoms in total. The van der Waals surface area contributed by atoms with E-state index in [-0.39, 0.29) is 17.5 Å². The standard InChI is InChI=1S/C22H29N5O3/c1-3-27(18-7-11-26(12-8-18)21(28)5-4-9-23)19-13-17(15-25-22(19)29)16-6-10-24-20(14-16)30-2/h4-6,10,13-15,18H,3,7-9,11-12,23H2,1-2H3,(H,25,29). The average Bonchev–Trinajstić information content (AvgIpc) is 2.79. The van der Waals surface area contributed by atoms with E-state index in [0.29, 0.717) is 37.7 Å². The number of carbonyl (C=O) groups is 1. The van der Waals surface area contributed by atoms with Crippen molar-refractivity contribution in [1.82, 2.24) is 14.9 Å². The Balaban J connectivity index is 1.79. The third-order valence-electron chi connectivity index (χ3n) is 5.42. The fourth-order valence-electron chi connectivity index (χ4n) is 3.85. The molecular weight excluding hydrogens is 382 g/mol. The van der Waals surface area contributed by atoms with Crippen molar-refractivity contribution in [2.75, 3.05) is 38.2 Å². The van der Waals surface area contributed by atoms with Gasteiger partial charge >= 0.3 is 0 Å². The summed E-state index contributed by atoms with van der Waals surface area (Å²) < 4.78 is 5.21. The molecule has 3 rings (SSSR count). The van der Waals surface area contributed by atoms with E-state index in [1.165, 1.54) is 6.08 Å². The first kappa shape index (κ1) is 21.6. The van der Waals surface area contributed by atoms with Crippen LogP contribution < -0.4 is 20.9 Å². The summed E-state index contributed by atoms with van der Waals surface area (Å²) in [7, 11) is 1.58. The second-order valence-electron chi connectivity index (χ2n) is 7.17. The zero-order valence-corrected chi connectivity index (χ0v) is 17.5. The molecule has 2 aromatic rings. The number of amides is 1. The highest BCUT2D eigenvalue weighted by molar-refractivity contribution is 5.87. The van der Waals surface area contributed by atoms with Gasteiger partial charge in [-0.25, -0.2) is 4.98 Å². The van der Waals surface area contributed by atoms with Crippen LogP contribution in [0.15, 0.2) is 47.5 Å². The van der Waals surface area contributed by atoms with Crippen LogP contribution in [0.1, 0.15) is 19.8 Å². The Morgan fingerprint density at radius 1 is 1.37 bits per heavy atom. The number of pyridine rings is 2. The number of carbonyl (C=O) groups excluding carboxylic acids is 1. The van der Waals surface area contributed by atoms with Crippen molar-refractivity contribution in [3.8, 4) is 17.0 Å². The first-order valence-electron chi connectivity index (χ1n) is 10.2. The minimum absolute atomic E-state index is 0.00609. The topological polar surface area (TPSA) is 105 Å². The van der Waals surface area contributed by atoms with Gasteiger partial charge in [0.15, 0.2) is 0 Å². The molecule has 0 aromatic carbocycles. The van der Waals surface area contributed by atoms with Crippen molar-refractivity contribution >= 4 is 11.6 Å². The van der Waals surface area contributed by atoms with E-state index in [9.17, 15) is 9.59 Å². The van der Waals surface area contributed by atoms with Crippen LogP contribution in [0.5, 0.6) is 5.88 Å². The second kappa shape index (κ2) is 10.1. The maximum Gasteiger partial charge on any atom is 0.271 e. The quantitative estimate of drug-likeness (QED) is 0.673. The van der Waals surface area contributed by atoms with E-state index in [2.05, 4.69) is 14.9 Å². The summed E-state index contributed by atoms with van der Waals surface area (Å²) >= 11 is 0. The first-order chi connectivity index (χ1) is 14.6. The van der Waals surface area contributed by atoms with Gasteiger partial charge in [-0.2, -0.15) is 0 Å². The molecule has 0 spiro atoms. The number of hydrogen-bond donors (Lipinski definition) is 2. The van der Waals surface area contributed by atoms with Gasteiger partial charge in [-0.1, -0.05) is 6.08 Å². The molecular formula is C22H29N5O3. The lowest BCUT2D eigenvalue weighted by molar-refractivity contribution is -0.127. The van der Waals surface area contributed by atoms with Gasteiger partial charge in [0, 0.05) is 62.3 Å². The number of likely N-dealkylation sites (tertiary alicyclic amines) is 1. The molecule has 0 atom stereocenters. The van der Waals surface area contributed by atoms with Crippen molar-refractivity contribution in [2.24, 2.45) is 5.73 Å². The average molecular weight is 412 g/mol. The van der Waals surface area contributed by atoms with Crippen LogP contribution in [-0.4, -0.2) is 60.1 Å².